The Labute approximate surface area is 153 Å². The predicted octanol–water partition coefficient (Wildman–Crippen LogP) is 2.83. The van der Waals surface area contributed by atoms with E-state index in [1.54, 1.807) is 11.3 Å². The third kappa shape index (κ3) is 4.93. The molecule has 5 nitrogen and oxygen atoms in total. The summed E-state index contributed by atoms with van der Waals surface area (Å²) in [6, 6.07) is 8.07. The van der Waals surface area contributed by atoms with E-state index >= 15 is 0 Å². The van der Waals surface area contributed by atoms with Crippen molar-refractivity contribution >= 4 is 16.5 Å². The summed E-state index contributed by atoms with van der Waals surface area (Å²) in [6.07, 6.45) is 1.37. The molecule has 1 unspecified atom stereocenters. The molecule has 1 N–H and O–H groups in total. The number of aromatic nitrogens is 1. The quantitative estimate of drug-likeness (QED) is 0.822. The molecule has 1 aromatic carbocycles. The molecule has 25 heavy (non-hydrogen) atoms. The molecule has 136 valence electrons. The van der Waals surface area contributed by atoms with E-state index in [-0.39, 0.29) is 0 Å². The summed E-state index contributed by atoms with van der Waals surface area (Å²) >= 11 is 1.68. The number of hydrogen-bond donors (Lipinski definition) is 1. The highest BCUT2D eigenvalue weighted by molar-refractivity contribution is 7.13. The molecular formula is C19H27N3O2S. The summed E-state index contributed by atoms with van der Waals surface area (Å²) in [5.74, 6) is 1.29. The molecule has 0 saturated carbocycles. The van der Waals surface area contributed by atoms with Gasteiger partial charge in [0, 0.05) is 44.3 Å². The highest BCUT2D eigenvalue weighted by Gasteiger charge is 2.21. The fourth-order valence-electron chi connectivity index (χ4n) is 3.12. The van der Waals surface area contributed by atoms with E-state index in [1.807, 2.05) is 29.8 Å². The van der Waals surface area contributed by atoms with Crippen LogP contribution in [-0.4, -0.2) is 60.4 Å². The minimum absolute atomic E-state index is 0.330. The van der Waals surface area contributed by atoms with Gasteiger partial charge in [-0.2, -0.15) is 0 Å². The standard InChI is InChI=1S/C19H27N3O2S/c1-15(2)17-5-3-4-6-18(17)24-14-16(23)13-21-8-10-22(11-9-21)19-20-7-12-25-19/h3-7,12,15-16,23H,8-11,13-14H2,1-2H3. The van der Waals surface area contributed by atoms with Crippen LogP contribution in [0.25, 0.3) is 0 Å². The van der Waals surface area contributed by atoms with E-state index in [1.165, 1.54) is 5.56 Å². The SMILES string of the molecule is CC(C)c1ccccc1OCC(O)CN1CCN(c2nccs2)CC1. The van der Waals surface area contributed by atoms with Crippen LogP contribution in [0.1, 0.15) is 25.3 Å². The average molecular weight is 362 g/mol. The molecule has 1 aliphatic rings. The number of piperazine rings is 1. The number of rotatable bonds is 7. The first-order chi connectivity index (χ1) is 12.1. The van der Waals surface area contributed by atoms with Gasteiger partial charge in [-0.3, -0.25) is 4.90 Å². The fourth-order valence-corrected chi connectivity index (χ4v) is 3.82. The van der Waals surface area contributed by atoms with Crippen LogP contribution in [0.15, 0.2) is 35.8 Å². The lowest BCUT2D eigenvalue weighted by Gasteiger charge is -2.35. The van der Waals surface area contributed by atoms with Crippen molar-refractivity contribution in [3.05, 3.63) is 41.4 Å². The third-order valence-corrected chi connectivity index (χ3v) is 5.34. The Kier molecular flexibility index (Phi) is 6.29. The number of β-amino-alcohol motifs (C(OH)–C–C–N with tert-alkyl or cyclic N) is 1. The van der Waals surface area contributed by atoms with Crippen molar-refractivity contribution in [3.63, 3.8) is 0 Å². The van der Waals surface area contributed by atoms with Crippen molar-refractivity contribution in [1.82, 2.24) is 9.88 Å². The molecule has 1 fully saturated rings. The zero-order valence-electron chi connectivity index (χ0n) is 15.0. The summed E-state index contributed by atoms with van der Waals surface area (Å²) in [5, 5.41) is 13.5. The van der Waals surface area contributed by atoms with E-state index in [0.717, 1.165) is 37.1 Å². The first-order valence-corrected chi connectivity index (χ1v) is 9.78. The molecule has 0 aliphatic carbocycles. The third-order valence-electron chi connectivity index (χ3n) is 4.50. The molecule has 2 aromatic rings. The fraction of sp³-hybridized carbons (Fsp3) is 0.526. The zero-order valence-corrected chi connectivity index (χ0v) is 15.8. The maximum absolute atomic E-state index is 10.4. The van der Waals surface area contributed by atoms with Crippen LogP contribution >= 0.6 is 11.3 Å². The number of anilines is 1. The van der Waals surface area contributed by atoms with Crippen LogP contribution in [0, 0.1) is 0 Å². The van der Waals surface area contributed by atoms with E-state index in [2.05, 4.69) is 34.7 Å². The van der Waals surface area contributed by atoms with Crippen LogP contribution in [0.4, 0.5) is 5.13 Å². The molecule has 0 radical (unpaired) electrons. The van der Waals surface area contributed by atoms with Crippen molar-refractivity contribution in [3.8, 4) is 5.75 Å². The van der Waals surface area contributed by atoms with E-state index in [0.29, 0.717) is 19.1 Å². The number of para-hydroxylation sites is 1. The molecule has 0 amide bonds. The molecule has 1 atom stereocenters. The Balaban J connectivity index is 1.44. The van der Waals surface area contributed by atoms with Crippen LogP contribution in [-0.2, 0) is 0 Å². The topological polar surface area (TPSA) is 48.8 Å². The maximum Gasteiger partial charge on any atom is 0.185 e. The first-order valence-electron chi connectivity index (χ1n) is 8.90. The average Bonchev–Trinajstić information content (AvgIpc) is 3.15. The van der Waals surface area contributed by atoms with Gasteiger partial charge in [0.1, 0.15) is 18.5 Å². The predicted molar refractivity (Wildman–Crippen MR) is 103 cm³/mol. The normalized spacial score (nSPS) is 17.0. The maximum atomic E-state index is 10.4. The number of hydrogen-bond acceptors (Lipinski definition) is 6. The van der Waals surface area contributed by atoms with Gasteiger partial charge in [-0.25, -0.2) is 4.98 Å². The number of aliphatic hydroxyl groups is 1. The van der Waals surface area contributed by atoms with Crippen LogP contribution in [0.2, 0.25) is 0 Å². The van der Waals surface area contributed by atoms with Gasteiger partial charge in [0.15, 0.2) is 5.13 Å². The van der Waals surface area contributed by atoms with Crippen molar-refractivity contribution < 1.29 is 9.84 Å². The van der Waals surface area contributed by atoms with Crippen molar-refractivity contribution in [2.45, 2.75) is 25.9 Å². The van der Waals surface area contributed by atoms with Gasteiger partial charge in [0.2, 0.25) is 0 Å². The van der Waals surface area contributed by atoms with Crippen LogP contribution in [0.5, 0.6) is 5.75 Å². The second-order valence-electron chi connectivity index (χ2n) is 6.76. The number of nitrogens with zero attached hydrogens (tertiary/aromatic N) is 3. The minimum atomic E-state index is -0.480. The van der Waals surface area contributed by atoms with Crippen molar-refractivity contribution in [2.75, 3.05) is 44.2 Å². The van der Waals surface area contributed by atoms with Crippen molar-refractivity contribution in [1.29, 1.82) is 0 Å². The Morgan fingerprint density at radius 1 is 1.20 bits per heavy atom. The molecular weight excluding hydrogens is 334 g/mol. The lowest BCUT2D eigenvalue weighted by atomic mass is 10.0. The van der Waals surface area contributed by atoms with Crippen molar-refractivity contribution in [2.24, 2.45) is 0 Å². The van der Waals surface area contributed by atoms with E-state index in [9.17, 15) is 5.11 Å². The minimum Gasteiger partial charge on any atom is -0.491 e. The highest BCUT2D eigenvalue weighted by atomic mass is 32.1. The van der Waals surface area contributed by atoms with Crippen LogP contribution in [0.3, 0.4) is 0 Å². The molecule has 1 aliphatic heterocycles. The van der Waals surface area contributed by atoms with Gasteiger partial charge in [0.05, 0.1) is 0 Å². The molecule has 3 rings (SSSR count). The largest absolute Gasteiger partial charge is 0.491 e. The zero-order chi connectivity index (χ0) is 17.6. The Hall–Kier alpha value is -1.63. The lowest BCUT2D eigenvalue weighted by Crippen LogP contribution is -2.49. The number of thiazole rings is 1. The lowest BCUT2D eigenvalue weighted by molar-refractivity contribution is 0.0659. The number of benzene rings is 1. The van der Waals surface area contributed by atoms with Gasteiger partial charge >= 0.3 is 0 Å². The summed E-state index contributed by atoms with van der Waals surface area (Å²) in [5.41, 5.74) is 1.19. The van der Waals surface area contributed by atoms with Gasteiger partial charge in [-0.15, -0.1) is 11.3 Å². The summed E-state index contributed by atoms with van der Waals surface area (Å²) in [6.45, 7) is 9.08. The smallest absolute Gasteiger partial charge is 0.185 e. The Bertz CT molecular complexity index is 640. The Morgan fingerprint density at radius 2 is 1.96 bits per heavy atom. The molecule has 0 bridgehead atoms. The van der Waals surface area contributed by atoms with Crippen LogP contribution < -0.4 is 9.64 Å². The number of aliphatic hydroxyl groups excluding tert-OH is 1. The second-order valence-corrected chi connectivity index (χ2v) is 7.63. The first kappa shape index (κ1) is 18.2. The molecule has 1 aromatic heterocycles. The second kappa shape index (κ2) is 8.65. The molecule has 6 heteroatoms. The summed E-state index contributed by atoms with van der Waals surface area (Å²) in [7, 11) is 0. The summed E-state index contributed by atoms with van der Waals surface area (Å²) < 4.78 is 5.89. The molecule has 1 saturated heterocycles. The van der Waals surface area contributed by atoms with Gasteiger partial charge in [0.25, 0.3) is 0 Å². The number of ether oxygens (including phenoxy) is 1. The van der Waals surface area contributed by atoms with Gasteiger partial charge in [-0.1, -0.05) is 32.0 Å². The molecule has 0 spiro atoms. The summed E-state index contributed by atoms with van der Waals surface area (Å²) in [4.78, 5) is 8.97. The molecule has 2 heterocycles. The van der Waals surface area contributed by atoms with E-state index in [4.69, 9.17) is 4.74 Å². The van der Waals surface area contributed by atoms with E-state index < -0.39 is 6.10 Å². The Morgan fingerprint density at radius 3 is 2.64 bits per heavy atom. The van der Waals surface area contributed by atoms with Gasteiger partial charge < -0.3 is 14.7 Å². The van der Waals surface area contributed by atoms with Gasteiger partial charge in [-0.05, 0) is 17.5 Å². The monoisotopic (exact) mass is 361 g/mol. The highest BCUT2D eigenvalue weighted by Crippen LogP contribution is 2.26.